The number of amides is 2. The Morgan fingerprint density at radius 3 is 2.19 bits per heavy atom. The summed E-state index contributed by atoms with van der Waals surface area (Å²) in [4.78, 5) is 16.5. The Bertz CT molecular complexity index is 958. The van der Waals surface area contributed by atoms with E-state index in [9.17, 15) is 13.2 Å². The molecule has 0 aliphatic carbocycles. The van der Waals surface area contributed by atoms with E-state index in [1.165, 1.54) is 5.56 Å². The Morgan fingerprint density at radius 1 is 0.963 bits per heavy atom. The quantitative estimate of drug-likeness (QED) is 0.732. The van der Waals surface area contributed by atoms with Gasteiger partial charge in [0.1, 0.15) is 0 Å². The van der Waals surface area contributed by atoms with Gasteiger partial charge in [-0.3, -0.25) is 4.90 Å². The highest BCUT2D eigenvalue weighted by Crippen LogP contribution is 2.36. The summed E-state index contributed by atoms with van der Waals surface area (Å²) in [6.07, 6.45) is 0.914. The van der Waals surface area contributed by atoms with E-state index in [0.717, 1.165) is 17.7 Å². The molecule has 2 amide bonds. The Hall–Kier alpha value is -2.05. The first-order valence-corrected chi connectivity index (χ1v) is 11.2. The summed E-state index contributed by atoms with van der Waals surface area (Å²) in [5.74, 6) is 0.0244. The third-order valence-electron chi connectivity index (χ3n) is 5.37. The minimum absolute atomic E-state index is 0.00997. The minimum atomic E-state index is -3.17. The van der Waals surface area contributed by atoms with Gasteiger partial charge < -0.3 is 4.90 Å². The van der Waals surface area contributed by atoms with Gasteiger partial charge in [0.25, 0.3) is 0 Å². The van der Waals surface area contributed by atoms with Crippen LogP contribution in [-0.2, 0) is 22.8 Å². The summed E-state index contributed by atoms with van der Waals surface area (Å²) in [5.41, 5.74) is 2.86. The molecular weight excluding hydrogens is 384 g/mol. The third-order valence-corrected chi connectivity index (χ3v) is 7.32. The van der Waals surface area contributed by atoms with Crippen LogP contribution in [0.1, 0.15) is 18.1 Å². The molecule has 2 saturated heterocycles. The number of hydrogen-bond donors (Lipinski definition) is 0. The lowest BCUT2D eigenvalue weighted by molar-refractivity contribution is 0.206. The highest BCUT2D eigenvalue weighted by molar-refractivity contribution is 7.91. The van der Waals surface area contributed by atoms with Crippen molar-refractivity contribution in [1.82, 2.24) is 4.90 Å². The number of urea groups is 1. The number of carbonyl (C=O) groups is 1. The van der Waals surface area contributed by atoms with Crippen LogP contribution in [0, 0.1) is 0 Å². The van der Waals surface area contributed by atoms with Gasteiger partial charge in [-0.05, 0) is 41.8 Å². The zero-order valence-corrected chi connectivity index (χ0v) is 16.6. The minimum Gasteiger partial charge on any atom is -0.314 e. The molecular formula is C20H21ClN2O3S. The van der Waals surface area contributed by atoms with E-state index < -0.39 is 9.84 Å². The molecule has 2 aliphatic heterocycles. The van der Waals surface area contributed by atoms with Crippen LogP contribution in [-0.4, -0.2) is 42.9 Å². The van der Waals surface area contributed by atoms with Gasteiger partial charge in [-0.1, -0.05) is 42.8 Å². The topological polar surface area (TPSA) is 57.7 Å². The molecule has 0 aromatic heterocycles. The van der Waals surface area contributed by atoms with E-state index in [0.29, 0.717) is 11.6 Å². The van der Waals surface area contributed by atoms with Crippen molar-refractivity contribution in [2.75, 3.05) is 16.4 Å². The molecule has 0 bridgehead atoms. The maximum Gasteiger partial charge on any atom is 0.325 e. The van der Waals surface area contributed by atoms with Crippen molar-refractivity contribution in [3.8, 4) is 0 Å². The number of anilines is 1. The van der Waals surface area contributed by atoms with Crippen molar-refractivity contribution in [2.45, 2.75) is 32.0 Å². The van der Waals surface area contributed by atoms with E-state index in [4.69, 9.17) is 11.6 Å². The highest BCUT2D eigenvalue weighted by atomic mass is 35.5. The molecule has 0 saturated carbocycles. The van der Waals surface area contributed by atoms with Crippen molar-refractivity contribution in [1.29, 1.82) is 0 Å². The lowest BCUT2D eigenvalue weighted by Gasteiger charge is -2.23. The lowest BCUT2D eigenvalue weighted by atomic mass is 10.1. The summed E-state index contributed by atoms with van der Waals surface area (Å²) in [6.45, 7) is 2.44. The highest BCUT2D eigenvalue weighted by Gasteiger charge is 2.53. The second-order valence-corrected chi connectivity index (χ2v) is 9.73. The van der Waals surface area contributed by atoms with Crippen molar-refractivity contribution >= 4 is 33.2 Å². The fraction of sp³-hybridized carbons (Fsp3) is 0.350. The molecule has 0 N–H and O–H groups in total. The average Bonchev–Trinajstić information content (AvgIpc) is 3.07. The number of hydrogen-bond acceptors (Lipinski definition) is 3. The van der Waals surface area contributed by atoms with Gasteiger partial charge >= 0.3 is 6.03 Å². The molecule has 2 aromatic rings. The first-order chi connectivity index (χ1) is 12.9. The van der Waals surface area contributed by atoms with Crippen LogP contribution in [0.4, 0.5) is 10.5 Å². The van der Waals surface area contributed by atoms with Gasteiger partial charge in [-0.2, -0.15) is 0 Å². The maximum atomic E-state index is 13.2. The zero-order valence-electron chi connectivity index (χ0n) is 15.0. The third kappa shape index (κ3) is 3.44. The SMILES string of the molecule is CCc1ccc(N2C(=O)N(Cc3ccc(Cl)cc3)C3CS(=O)(=O)CC32)cc1. The number of aryl methyl sites for hydroxylation is 1. The van der Waals surface area contributed by atoms with E-state index in [1.807, 2.05) is 36.4 Å². The number of rotatable bonds is 4. The molecule has 2 heterocycles. The van der Waals surface area contributed by atoms with Crippen LogP contribution in [0.3, 0.4) is 0 Å². The molecule has 0 spiro atoms. The van der Waals surface area contributed by atoms with Gasteiger partial charge in [0, 0.05) is 17.3 Å². The molecule has 4 rings (SSSR count). The summed E-state index contributed by atoms with van der Waals surface area (Å²) >= 11 is 5.94. The van der Waals surface area contributed by atoms with E-state index in [-0.39, 0.29) is 29.6 Å². The Labute approximate surface area is 164 Å². The molecule has 2 aromatic carbocycles. The smallest absolute Gasteiger partial charge is 0.314 e. The van der Waals surface area contributed by atoms with Gasteiger partial charge in [-0.15, -0.1) is 0 Å². The molecule has 2 atom stereocenters. The number of sulfone groups is 1. The first-order valence-electron chi connectivity index (χ1n) is 9.01. The zero-order chi connectivity index (χ0) is 19.2. The predicted molar refractivity (Wildman–Crippen MR) is 107 cm³/mol. The Kier molecular flexibility index (Phi) is 4.64. The van der Waals surface area contributed by atoms with Crippen LogP contribution >= 0.6 is 11.6 Å². The predicted octanol–water partition coefficient (Wildman–Crippen LogP) is 3.51. The monoisotopic (exact) mass is 404 g/mol. The van der Waals surface area contributed by atoms with E-state index in [1.54, 1.807) is 21.9 Å². The molecule has 2 fully saturated rings. The van der Waals surface area contributed by atoms with Crippen LogP contribution in [0.2, 0.25) is 5.02 Å². The molecule has 27 heavy (non-hydrogen) atoms. The van der Waals surface area contributed by atoms with Crippen molar-refractivity contribution in [2.24, 2.45) is 0 Å². The van der Waals surface area contributed by atoms with Crippen LogP contribution in [0.15, 0.2) is 48.5 Å². The Balaban J connectivity index is 1.67. The van der Waals surface area contributed by atoms with Crippen LogP contribution in [0.25, 0.3) is 0 Å². The number of benzene rings is 2. The fourth-order valence-electron chi connectivity index (χ4n) is 3.94. The van der Waals surface area contributed by atoms with Gasteiger partial charge in [0.2, 0.25) is 0 Å². The largest absolute Gasteiger partial charge is 0.325 e. The van der Waals surface area contributed by atoms with Crippen LogP contribution in [0.5, 0.6) is 0 Å². The summed E-state index contributed by atoms with van der Waals surface area (Å²) < 4.78 is 24.6. The molecule has 5 nitrogen and oxygen atoms in total. The number of fused-ring (bicyclic) bond motifs is 1. The lowest BCUT2D eigenvalue weighted by Crippen LogP contribution is -2.37. The second-order valence-electron chi connectivity index (χ2n) is 7.14. The van der Waals surface area contributed by atoms with Gasteiger partial charge in [0.05, 0.1) is 23.6 Å². The summed E-state index contributed by atoms with van der Waals surface area (Å²) in [5, 5.41) is 0.630. The molecule has 2 unspecified atom stereocenters. The van der Waals surface area contributed by atoms with E-state index >= 15 is 0 Å². The first kappa shape index (κ1) is 18.3. The average molecular weight is 405 g/mol. The van der Waals surface area contributed by atoms with Crippen LogP contribution < -0.4 is 4.90 Å². The fourth-order valence-corrected chi connectivity index (χ4v) is 6.02. The standard InChI is InChI=1S/C20H21ClN2O3S/c1-2-14-5-9-17(10-6-14)23-19-13-27(25,26)12-18(19)22(20(23)24)11-15-3-7-16(21)8-4-15/h3-10,18-19H,2,11-13H2,1H3. The maximum absolute atomic E-state index is 13.2. The number of nitrogens with zero attached hydrogens (tertiary/aromatic N) is 2. The molecule has 0 radical (unpaired) electrons. The summed E-state index contributed by atoms with van der Waals surface area (Å²) in [7, 11) is -3.17. The van der Waals surface area contributed by atoms with Gasteiger partial charge in [0.15, 0.2) is 9.84 Å². The normalized spacial score (nSPS) is 23.7. The number of carbonyl (C=O) groups excluding carboxylic acids is 1. The van der Waals surface area contributed by atoms with Crippen molar-refractivity contribution < 1.29 is 13.2 Å². The van der Waals surface area contributed by atoms with E-state index in [2.05, 4.69) is 6.92 Å². The summed E-state index contributed by atoms with van der Waals surface area (Å²) in [6, 6.07) is 14.3. The Morgan fingerprint density at radius 2 is 1.56 bits per heavy atom. The molecule has 142 valence electrons. The number of halogens is 1. The second kappa shape index (κ2) is 6.84. The molecule has 2 aliphatic rings. The van der Waals surface area contributed by atoms with Crippen molar-refractivity contribution in [3.63, 3.8) is 0 Å². The van der Waals surface area contributed by atoms with Crippen molar-refractivity contribution in [3.05, 3.63) is 64.7 Å². The van der Waals surface area contributed by atoms with Gasteiger partial charge in [-0.25, -0.2) is 13.2 Å². The molecule has 7 heteroatoms.